The third kappa shape index (κ3) is 1.13. The Bertz CT molecular complexity index is 199. The fourth-order valence-corrected chi connectivity index (χ4v) is 0.629. The van der Waals surface area contributed by atoms with E-state index in [-0.39, 0.29) is 0 Å². The Balaban J connectivity index is 2.87. The van der Waals surface area contributed by atoms with Crippen LogP contribution in [0.4, 0.5) is 0 Å². The van der Waals surface area contributed by atoms with E-state index in [4.69, 9.17) is 5.73 Å². The third-order valence-corrected chi connectivity index (χ3v) is 1.25. The zero-order valence-corrected chi connectivity index (χ0v) is 5.44. The van der Waals surface area contributed by atoms with Gasteiger partial charge in [0.15, 0.2) is 0 Å². The summed E-state index contributed by atoms with van der Waals surface area (Å²) in [5.74, 6) is 0.697. The maximum absolute atomic E-state index is 5.53. The Morgan fingerprint density at radius 2 is 2.22 bits per heavy atom. The van der Waals surface area contributed by atoms with Crippen LogP contribution < -0.4 is 11.1 Å². The molecule has 0 fully saturated rings. The molecule has 1 aliphatic heterocycles. The van der Waals surface area contributed by atoms with Crippen LogP contribution in [0.3, 0.4) is 0 Å². The summed E-state index contributed by atoms with van der Waals surface area (Å²) in [6.45, 7) is 5.64. The third-order valence-electron chi connectivity index (χ3n) is 1.25. The summed E-state index contributed by atoms with van der Waals surface area (Å²) in [5, 5.41) is 2.91. The number of hydrogen-bond donors (Lipinski definition) is 2. The van der Waals surface area contributed by atoms with Crippen molar-refractivity contribution in [1.82, 2.24) is 5.32 Å². The van der Waals surface area contributed by atoms with E-state index in [1.807, 2.05) is 19.1 Å². The van der Waals surface area contributed by atoms with E-state index in [0.717, 1.165) is 11.3 Å². The van der Waals surface area contributed by atoms with Crippen LogP contribution in [0.2, 0.25) is 0 Å². The second-order valence-electron chi connectivity index (χ2n) is 2.08. The zero-order valence-electron chi connectivity index (χ0n) is 5.44. The molecule has 0 atom stereocenters. The lowest BCUT2D eigenvalue weighted by Gasteiger charge is -2.12. The van der Waals surface area contributed by atoms with Gasteiger partial charge in [-0.25, -0.2) is 0 Å². The zero-order chi connectivity index (χ0) is 6.85. The molecule has 0 aromatic heterocycles. The maximum atomic E-state index is 5.53. The number of nitrogens with two attached hydrogens (primary N) is 1. The highest BCUT2D eigenvalue weighted by molar-refractivity contribution is 5.34. The van der Waals surface area contributed by atoms with Crippen LogP contribution in [-0.2, 0) is 0 Å². The molecule has 48 valence electrons. The van der Waals surface area contributed by atoms with Crippen LogP contribution in [0, 0.1) is 0 Å². The first kappa shape index (κ1) is 5.95. The van der Waals surface area contributed by atoms with Crippen LogP contribution >= 0.6 is 0 Å². The van der Waals surface area contributed by atoms with Gasteiger partial charge in [-0.3, -0.25) is 0 Å². The second-order valence-corrected chi connectivity index (χ2v) is 2.08. The van der Waals surface area contributed by atoms with E-state index in [1.165, 1.54) is 0 Å². The van der Waals surface area contributed by atoms with Crippen LogP contribution in [0.5, 0.6) is 0 Å². The molecule has 0 spiro atoms. The fourth-order valence-electron chi connectivity index (χ4n) is 0.629. The Kier molecular flexibility index (Phi) is 1.30. The van der Waals surface area contributed by atoms with E-state index < -0.39 is 0 Å². The lowest BCUT2D eigenvalue weighted by atomic mass is 10.2. The number of hydrogen-bond acceptors (Lipinski definition) is 2. The molecular weight excluding hydrogens is 112 g/mol. The van der Waals surface area contributed by atoms with Gasteiger partial charge in [0, 0.05) is 5.70 Å². The van der Waals surface area contributed by atoms with Crippen molar-refractivity contribution in [1.29, 1.82) is 0 Å². The summed E-state index contributed by atoms with van der Waals surface area (Å²) >= 11 is 0. The minimum Gasteiger partial charge on any atom is -0.385 e. The molecule has 0 amide bonds. The number of dihydropyridines is 1. The van der Waals surface area contributed by atoms with Crippen molar-refractivity contribution in [3.05, 3.63) is 35.8 Å². The van der Waals surface area contributed by atoms with E-state index in [9.17, 15) is 0 Å². The summed E-state index contributed by atoms with van der Waals surface area (Å²) < 4.78 is 0. The lowest BCUT2D eigenvalue weighted by molar-refractivity contribution is 0.945. The van der Waals surface area contributed by atoms with Gasteiger partial charge in [-0.2, -0.15) is 0 Å². The van der Waals surface area contributed by atoms with Gasteiger partial charge in [0.25, 0.3) is 0 Å². The van der Waals surface area contributed by atoms with Crippen LogP contribution in [0.25, 0.3) is 0 Å². The molecule has 0 aromatic carbocycles. The van der Waals surface area contributed by atoms with Gasteiger partial charge in [0.1, 0.15) is 5.82 Å². The molecule has 2 nitrogen and oxygen atoms in total. The van der Waals surface area contributed by atoms with Gasteiger partial charge in [-0.15, -0.1) is 0 Å². The molecule has 1 rings (SSSR count). The average Bonchev–Trinajstić information content (AvgIpc) is 1.80. The van der Waals surface area contributed by atoms with E-state index in [0.29, 0.717) is 5.82 Å². The van der Waals surface area contributed by atoms with Crippen molar-refractivity contribution in [2.24, 2.45) is 5.73 Å². The summed E-state index contributed by atoms with van der Waals surface area (Å²) in [6.07, 6.45) is 3.83. The molecule has 0 saturated heterocycles. The summed E-state index contributed by atoms with van der Waals surface area (Å²) in [5.41, 5.74) is 7.43. The molecule has 2 heteroatoms. The van der Waals surface area contributed by atoms with Gasteiger partial charge in [0.2, 0.25) is 0 Å². The van der Waals surface area contributed by atoms with Crippen LogP contribution in [0.1, 0.15) is 6.92 Å². The first-order valence-electron chi connectivity index (χ1n) is 2.80. The minimum absolute atomic E-state index is 0.697. The van der Waals surface area contributed by atoms with Crippen LogP contribution in [0.15, 0.2) is 35.8 Å². The van der Waals surface area contributed by atoms with Crippen molar-refractivity contribution < 1.29 is 0 Å². The van der Waals surface area contributed by atoms with E-state index in [2.05, 4.69) is 11.9 Å². The summed E-state index contributed by atoms with van der Waals surface area (Å²) in [4.78, 5) is 0. The smallest absolute Gasteiger partial charge is 0.103 e. The van der Waals surface area contributed by atoms with Crippen molar-refractivity contribution >= 4 is 0 Å². The standard InChI is InChI=1S/C7H10N2/c1-5-3-4-6(2)9-7(5)8/h3-4,9H,2,8H2,1H3. The van der Waals surface area contributed by atoms with E-state index >= 15 is 0 Å². The molecule has 0 bridgehead atoms. The molecule has 0 saturated carbocycles. The van der Waals surface area contributed by atoms with Gasteiger partial charge >= 0.3 is 0 Å². The molecule has 1 aliphatic rings. The topological polar surface area (TPSA) is 38.0 Å². The molecule has 1 heterocycles. The second kappa shape index (κ2) is 1.97. The largest absolute Gasteiger partial charge is 0.385 e. The fraction of sp³-hybridized carbons (Fsp3) is 0.143. The monoisotopic (exact) mass is 122 g/mol. The molecule has 0 radical (unpaired) electrons. The Labute approximate surface area is 54.7 Å². The highest BCUT2D eigenvalue weighted by Crippen LogP contribution is 2.06. The first-order valence-corrected chi connectivity index (χ1v) is 2.80. The average molecular weight is 122 g/mol. The number of rotatable bonds is 0. The van der Waals surface area contributed by atoms with Crippen molar-refractivity contribution in [2.45, 2.75) is 6.92 Å². The quantitative estimate of drug-likeness (QED) is 0.500. The van der Waals surface area contributed by atoms with Gasteiger partial charge in [-0.1, -0.05) is 12.7 Å². The summed E-state index contributed by atoms with van der Waals surface area (Å²) in [6, 6.07) is 0. The molecule has 0 unspecified atom stereocenters. The predicted octanol–water partition coefficient (Wildman–Crippen LogP) is 0.850. The normalized spacial score (nSPS) is 18.1. The number of nitrogens with one attached hydrogen (secondary N) is 1. The highest BCUT2D eigenvalue weighted by Gasteiger charge is 1.99. The Hall–Kier alpha value is -1.18. The molecule has 0 aromatic rings. The minimum atomic E-state index is 0.697. The van der Waals surface area contributed by atoms with E-state index in [1.54, 1.807) is 0 Å². The Morgan fingerprint density at radius 3 is 2.67 bits per heavy atom. The lowest BCUT2D eigenvalue weighted by Crippen LogP contribution is -2.21. The number of allylic oxidation sites excluding steroid dienone is 3. The predicted molar refractivity (Wildman–Crippen MR) is 38.3 cm³/mol. The SMILES string of the molecule is C=C1C=CC(C)=C(N)N1. The van der Waals surface area contributed by atoms with Gasteiger partial charge in [-0.05, 0) is 18.6 Å². The van der Waals surface area contributed by atoms with Crippen LogP contribution in [-0.4, -0.2) is 0 Å². The molecular formula is C7H10N2. The summed E-state index contributed by atoms with van der Waals surface area (Å²) in [7, 11) is 0. The van der Waals surface area contributed by atoms with Gasteiger partial charge in [0.05, 0.1) is 0 Å². The first-order chi connectivity index (χ1) is 4.20. The molecule has 0 aliphatic carbocycles. The van der Waals surface area contributed by atoms with Crippen molar-refractivity contribution in [2.75, 3.05) is 0 Å². The van der Waals surface area contributed by atoms with Crippen molar-refractivity contribution in [3.8, 4) is 0 Å². The van der Waals surface area contributed by atoms with Crippen molar-refractivity contribution in [3.63, 3.8) is 0 Å². The highest BCUT2D eigenvalue weighted by atomic mass is 15.0. The Morgan fingerprint density at radius 1 is 1.56 bits per heavy atom. The molecule has 3 N–H and O–H groups in total. The van der Waals surface area contributed by atoms with Gasteiger partial charge < -0.3 is 11.1 Å². The maximum Gasteiger partial charge on any atom is 0.103 e. The molecule has 9 heavy (non-hydrogen) atoms.